The molecule has 2 unspecified atom stereocenters. The molecule has 0 aromatic heterocycles. The van der Waals surface area contributed by atoms with Gasteiger partial charge in [0, 0.05) is 18.5 Å². The first-order valence-corrected chi connectivity index (χ1v) is 6.69. The molecule has 2 heterocycles. The molecule has 0 aliphatic carbocycles. The van der Waals surface area contributed by atoms with E-state index in [2.05, 4.69) is 5.32 Å². The Labute approximate surface area is 108 Å². The van der Waals surface area contributed by atoms with Crippen LogP contribution in [0.1, 0.15) is 33.6 Å². The lowest BCUT2D eigenvalue weighted by Gasteiger charge is -2.41. The topological polar surface area (TPSA) is 61.8 Å². The van der Waals surface area contributed by atoms with E-state index in [1.165, 1.54) is 0 Å². The minimum atomic E-state index is -0.469. The van der Waals surface area contributed by atoms with Crippen LogP contribution in [0.2, 0.25) is 0 Å². The number of nitrogens with zero attached hydrogens (tertiary/aromatic N) is 1. The van der Waals surface area contributed by atoms with Crippen LogP contribution < -0.4 is 5.32 Å². The van der Waals surface area contributed by atoms with Gasteiger partial charge in [0.2, 0.25) is 0 Å². The monoisotopic (exact) mass is 256 g/mol. The van der Waals surface area contributed by atoms with E-state index in [0.717, 1.165) is 25.9 Å². The molecule has 2 N–H and O–H groups in total. The highest BCUT2D eigenvalue weighted by Gasteiger charge is 2.50. The lowest BCUT2D eigenvalue weighted by atomic mass is 9.76. The van der Waals surface area contributed by atoms with Gasteiger partial charge in [-0.05, 0) is 40.2 Å². The standard InChI is InChI=1S/C13H24N2O3/c1-12(2,3)18-11(17)15-7-5-13(9-16)4-6-14-8-10(13)15/h10,14,16H,4-9H2,1-3H3. The zero-order valence-corrected chi connectivity index (χ0v) is 11.5. The summed E-state index contributed by atoms with van der Waals surface area (Å²) >= 11 is 0. The number of fused-ring (bicyclic) bond motifs is 1. The van der Waals surface area contributed by atoms with Gasteiger partial charge in [-0.25, -0.2) is 4.79 Å². The first-order chi connectivity index (χ1) is 8.38. The molecular weight excluding hydrogens is 232 g/mol. The second-order valence-corrected chi connectivity index (χ2v) is 6.41. The molecule has 2 aliphatic heterocycles. The highest BCUT2D eigenvalue weighted by Crippen LogP contribution is 2.41. The van der Waals surface area contributed by atoms with Crippen LogP contribution in [0, 0.1) is 5.41 Å². The Morgan fingerprint density at radius 3 is 2.83 bits per heavy atom. The van der Waals surface area contributed by atoms with Gasteiger partial charge in [0.05, 0.1) is 12.6 Å². The third-order valence-electron chi connectivity index (χ3n) is 4.01. The Bertz CT molecular complexity index is 327. The molecule has 1 amide bonds. The Kier molecular flexibility index (Phi) is 3.56. The van der Waals surface area contributed by atoms with E-state index >= 15 is 0 Å². The maximum atomic E-state index is 12.2. The number of ether oxygens (including phenoxy) is 1. The molecule has 2 atom stereocenters. The average Bonchev–Trinajstić information content (AvgIpc) is 2.66. The van der Waals surface area contributed by atoms with Gasteiger partial charge in [-0.2, -0.15) is 0 Å². The van der Waals surface area contributed by atoms with Gasteiger partial charge < -0.3 is 20.1 Å². The minimum Gasteiger partial charge on any atom is -0.444 e. The molecule has 2 aliphatic rings. The molecule has 0 radical (unpaired) electrons. The van der Waals surface area contributed by atoms with Gasteiger partial charge in [0.15, 0.2) is 0 Å². The number of rotatable bonds is 1. The number of aliphatic hydroxyl groups excluding tert-OH is 1. The fourth-order valence-electron chi connectivity index (χ4n) is 2.99. The van der Waals surface area contributed by atoms with E-state index < -0.39 is 5.60 Å². The number of carbonyl (C=O) groups is 1. The van der Waals surface area contributed by atoms with E-state index in [4.69, 9.17) is 4.74 Å². The molecule has 5 nitrogen and oxygen atoms in total. The van der Waals surface area contributed by atoms with Crippen molar-refractivity contribution in [3.05, 3.63) is 0 Å². The number of nitrogens with one attached hydrogen (secondary N) is 1. The number of hydrogen-bond acceptors (Lipinski definition) is 4. The van der Waals surface area contributed by atoms with Crippen molar-refractivity contribution in [3.63, 3.8) is 0 Å². The summed E-state index contributed by atoms with van der Waals surface area (Å²) in [5.74, 6) is 0. The van der Waals surface area contributed by atoms with Crippen LogP contribution in [-0.4, -0.2) is 54.0 Å². The van der Waals surface area contributed by atoms with Crippen molar-refractivity contribution in [1.82, 2.24) is 10.2 Å². The molecule has 0 bridgehead atoms. The van der Waals surface area contributed by atoms with E-state index in [1.807, 2.05) is 20.8 Å². The molecule has 2 fully saturated rings. The van der Waals surface area contributed by atoms with E-state index in [1.54, 1.807) is 4.90 Å². The summed E-state index contributed by atoms with van der Waals surface area (Å²) in [6, 6.07) is 0.0612. The predicted octanol–water partition coefficient (Wildman–Crippen LogP) is 0.968. The Balaban J connectivity index is 2.09. The summed E-state index contributed by atoms with van der Waals surface area (Å²) in [6.45, 7) is 8.12. The maximum absolute atomic E-state index is 12.2. The molecule has 0 saturated carbocycles. The fourth-order valence-corrected chi connectivity index (χ4v) is 2.99. The second kappa shape index (κ2) is 4.70. The Hall–Kier alpha value is -0.810. The van der Waals surface area contributed by atoms with Crippen molar-refractivity contribution < 1.29 is 14.6 Å². The van der Waals surface area contributed by atoms with Crippen molar-refractivity contribution in [2.24, 2.45) is 5.41 Å². The molecular formula is C13H24N2O3. The second-order valence-electron chi connectivity index (χ2n) is 6.41. The van der Waals surface area contributed by atoms with Gasteiger partial charge in [0.25, 0.3) is 0 Å². The van der Waals surface area contributed by atoms with E-state index in [9.17, 15) is 9.90 Å². The summed E-state index contributed by atoms with van der Waals surface area (Å²) in [5.41, 5.74) is -0.591. The molecule has 2 rings (SSSR count). The number of carbonyl (C=O) groups excluding carboxylic acids is 1. The van der Waals surface area contributed by atoms with Crippen molar-refractivity contribution in [3.8, 4) is 0 Å². The van der Waals surface area contributed by atoms with Gasteiger partial charge >= 0.3 is 6.09 Å². The molecule has 5 heteroatoms. The molecule has 18 heavy (non-hydrogen) atoms. The van der Waals surface area contributed by atoms with Gasteiger partial charge in [-0.3, -0.25) is 0 Å². The smallest absolute Gasteiger partial charge is 0.410 e. The van der Waals surface area contributed by atoms with Gasteiger partial charge in [0.1, 0.15) is 5.60 Å². The average molecular weight is 256 g/mol. The van der Waals surface area contributed by atoms with Crippen LogP contribution in [0.4, 0.5) is 4.79 Å². The third kappa shape index (κ3) is 2.47. The number of aliphatic hydroxyl groups is 1. The SMILES string of the molecule is CC(C)(C)OC(=O)N1CCC2(CO)CCNCC12. The maximum Gasteiger partial charge on any atom is 0.410 e. The highest BCUT2D eigenvalue weighted by atomic mass is 16.6. The Morgan fingerprint density at radius 2 is 2.22 bits per heavy atom. The van der Waals surface area contributed by atoms with Crippen LogP contribution in [0.5, 0.6) is 0 Å². The van der Waals surface area contributed by atoms with E-state index in [0.29, 0.717) is 6.54 Å². The largest absolute Gasteiger partial charge is 0.444 e. The lowest BCUT2D eigenvalue weighted by molar-refractivity contribution is 0.00389. The first kappa shape index (κ1) is 13.6. The predicted molar refractivity (Wildman–Crippen MR) is 68.4 cm³/mol. The van der Waals surface area contributed by atoms with Crippen molar-refractivity contribution in [2.75, 3.05) is 26.2 Å². The van der Waals surface area contributed by atoms with Crippen molar-refractivity contribution >= 4 is 6.09 Å². The molecule has 0 spiro atoms. The number of likely N-dealkylation sites (tertiary alicyclic amines) is 1. The lowest BCUT2D eigenvalue weighted by Crippen LogP contribution is -2.55. The van der Waals surface area contributed by atoms with Gasteiger partial charge in [-0.1, -0.05) is 0 Å². The third-order valence-corrected chi connectivity index (χ3v) is 4.01. The normalized spacial score (nSPS) is 32.2. The quantitative estimate of drug-likeness (QED) is 0.734. The Morgan fingerprint density at radius 1 is 1.50 bits per heavy atom. The first-order valence-electron chi connectivity index (χ1n) is 6.69. The van der Waals surface area contributed by atoms with Crippen LogP contribution in [0.15, 0.2) is 0 Å². The fraction of sp³-hybridized carbons (Fsp3) is 0.923. The summed E-state index contributed by atoms with van der Waals surface area (Å²) in [4.78, 5) is 14.0. The summed E-state index contributed by atoms with van der Waals surface area (Å²) in [5, 5.41) is 13.0. The van der Waals surface area contributed by atoms with Gasteiger partial charge in [-0.15, -0.1) is 0 Å². The summed E-state index contributed by atoms with van der Waals surface area (Å²) in [7, 11) is 0. The summed E-state index contributed by atoms with van der Waals surface area (Å²) in [6.07, 6.45) is 1.54. The van der Waals surface area contributed by atoms with Crippen LogP contribution in [-0.2, 0) is 4.74 Å². The molecule has 0 aromatic rings. The molecule has 104 valence electrons. The zero-order valence-electron chi connectivity index (χ0n) is 11.5. The van der Waals surface area contributed by atoms with Crippen molar-refractivity contribution in [1.29, 1.82) is 0 Å². The molecule has 2 saturated heterocycles. The number of piperidine rings is 1. The highest BCUT2D eigenvalue weighted by molar-refractivity contribution is 5.69. The van der Waals surface area contributed by atoms with Crippen molar-refractivity contribution in [2.45, 2.75) is 45.3 Å². The van der Waals surface area contributed by atoms with Crippen LogP contribution >= 0.6 is 0 Å². The molecule has 0 aromatic carbocycles. The number of hydrogen-bond donors (Lipinski definition) is 2. The van der Waals surface area contributed by atoms with Crippen LogP contribution in [0.3, 0.4) is 0 Å². The number of amides is 1. The minimum absolute atomic E-state index is 0.0612. The summed E-state index contributed by atoms with van der Waals surface area (Å²) < 4.78 is 5.44. The zero-order chi connectivity index (χ0) is 13.4. The van der Waals surface area contributed by atoms with E-state index in [-0.39, 0.29) is 24.2 Å². The van der Waals surface area contributed by atoms with Crippen LogP contribution in [0.25, 0.3) is 0 Å².